The van der Waals surface area contributed by atoms with Crippen molar-refractivity contribution in [3.63, 3.8) is 0 Å². The fourth-order valence-corrected chi connectivity index (χ4v) is 3.05. The lowest BCUT2D eigenvalue weighted by Gasteiger charge is -2.05. The van der Waals surface area contributed by atoms with Crippen molar-refractivity contribution in [1.29, 1.82) is 0 Å². The van der Waals surface area contributed by atoms with Gasteiger partial charge in [0.2, 0.25) is 0 Å². The summed E-state index contributed by atoms with van der Waals surface area (Å²) in [7, 11) is 0. The molecule has 0 saturated heterocycles. The van der Waals surface area contributed by atoms with Crippen LogP contribution in [0.3, 0.4) is 0 Å². The second kappa shape index (κ2) is 14.5. The van der Waals surface area contributed by atoms with Gasteiger partial charge in [0.15, 0.2) is 0 Å². The number of carbonyl (C=O) groups excluding carboxylic acids is 1. The number of aromatic nitrogens is 2. The number of rotatable bonds is 15. The van der Waals surface area contributed by atoms with Crippen molar-refractivity contribution < 1.29 is 9.53 Å². The first-order valence-electron chi connectivity index (χ1n) is 10.9. The van der Waals surface area contributed by atoms with Crippen LogP contribution in [-0.4, -0.2) is 22.4 Å². The Kier molecular flexibility index (Phi) is 11.4. The number of unbranched alkanes of at least 4 members (excludes halogenated alkanes) is 9. The molecule has 6 heteroatoms. The Morgan fingerprint density at radius 1 is 0.897 bits per heavy atom. The zero-order valence-electron chi connectivity index (χ0n) is 17.6. The fraction of sp³-hybridized carbons (Fsp3) is 0.565. The number of hydrogen-bond donors (Lipinski definition) is 0. The van der Waals surface area contributed by atoms with Crippen molar-refractivity contribution >= 4 is 17.3 Å². The van der Waals surface area contributed by atoms with Crippen molar-refractivity contribution in [3.8, 4) is 0 Å². The molecular formula is C23H34N4O2. The van der Waals surface area contributed by atoms with E-state index in [1.165, 1.54) is 56.0 Å². The summed E-state index contributed by atoms with van der Waals surface area (Å²) in [4.78, 5) is 11.9. The molecule has 0 spiro atoms. The van der Waals surface area contributed by atoms with E-state index in [1.807, 2.05) is 30.3 Å². The minimum atomic E-state index is -0.268. The second-order valence-corrected chi connectivity index (χ2v) is 7.33. The molecule has 0 aliphatic carbocycles. The molecule has 29 heavy (non-hydrogen) atoms. The predicted octanol–water partition coefficient (Wildman–Crippen LogP) is 6.76. The first kappa shape index (κ1) is 22.8. The maximum Gasteiger partial charge on any atom is 0.327 e. The number of nitrogens with zero attached hydrogens (tertiary/aromatic N) is 4. The van der Waals surface area contributed by atoms with Gasteiger partial charge >= 0.3 is 5.97 Å². The average molecular weight is 399 g/mol. The molecule has 158 valence electrons. The van der Waals surface area contributed by atoms with Crippen molar-refractivity contribution in [2.45, 2.75) is 77.7 Å². The first-order chi connectivity index (χ1) is 14.3. The molecule has 1 aromatic heterocycles. The summed E-state index contributed by atoms with van der Waals surface area (Å²) in [6, 6.07) is 9.49. The Hall–Kier alpha value is -2.50. The standard InChI is InChI=1S/C23H34N4O2/c1-2-3-4-5-6-7-8-9-10-14-17-29-23(28)20-27-19-22(18-24-27)26-25-21-15-12-11-13-16-21/h11-13,15-16,18-19H,2-10,14,17,20H2,1H3. The van der Waals surface area contributed by atoms with Crippen molar-refractivity contribution in [3.05, 3.63) is 42.7 Å². The van der Waals surface area contributed by atoms with Gasteiger partial charge in [-0.25, -0.2) is 0 Å². The lowest BCUT2D eigenvalue weighted by Crippen LogP contribution is -2.14. The lowest BCUT2D eigenvalue weighted by atomic mass is 10.1. The molecule has 1 heterocycles. The van der Waals surface area contributed by atoms with E-state index in [4.69, 9.17) is 4.74 Å². The molecule has 0 radical (unpaired) electrons. The molecule has 0 saturated carbocycles. The molecule has 0 bridgehead atoms. The molecule has 0 aliphatic rings. The normalized spacial score (nSPS) is 11.2. The number of carbonyl (C=O) groups is 1. The van der Waals surface area contributed by atoms with E-state index in [-0.39, 0.29) is 12.5 Å². The highest BCUT2D eigenvalue weighted by atomic mass is 16.5. The molecule has 1 aromatic carbocycles. The SMILES string of the molecule is CCCCCCCCCCCCOC(=O)Cn1cc(N=Nc2ccccc2)cn1. The molecular weight excluding hydrogens is 364 g/mol. The third-order valence-corrected chi connectivity index (χ3v) is 4.71. The summed E-state index contributed by atoms with van der Waals surface area (Å²) in [5.74, 6) is -0.268. The molecule has 2 rings (SSSR count). The molecule has 2 aromatic rings. The Balaban J connectivity index is 1.51. The summed E-state index contributed by atoms with van der Waals surface area (Å²) >= 11 is 0. The van der Waals surface area contributed by atoms with E-state index in [0.717, 1.165) is 18.5 Å². The van der Waals surface area contributed by atoms with E-state index in [9.17, 15) is 4.79 Å². The van der Waals surface area contributed by atoms with E-state index < -0.39 is 0 Å². The Morgan fingerprint density at radius 2 is 1.52 bits per heavy atom. The number of azo groups is 1. The highest BCUT2D eigenvalue weighted by Crippen LogP contribution is 2.16. The van der Waals surface area contributed by atoms with Crippen LogP contribution in [0.25, 0.3) is 0 Å². The number of benzene rings is 1. The second-order valence-electron chi connectivity index (χ2n) is 7.33. The van der Waals surface area contributed by atoms with Crippen molar-refractivity contribution in [1.82, 2.24) is 9.78 Å². The van der Waals surface area contributed by atoms with Crippen LogP contribution in [0.5, 0.6) is 0 Å². The third-order valence-electron chi connectivity index (χ3n) is 4.71. The summed E-state index contributed by atoms with van der Waals surface area (Å²) in [6.45, 7) is 2.83. The van der Waals surface area contributed by atoms with Crippen molar-refractivity contribution in [2.24, 2.45) is 10.2 Å². The quantitative estimate of drug-likeness (QED) is 0.189. The first-order valence-corrected chi connectivity index (χ1v) is 10.9. The summed E-state index contributed by atoms with van der Waals surface area (Å²) in [5.41, 5.74) is 1.38. The van der Waals surface area contributed by atoms with Gasteiger partial charge in [-0.3, -0.25) is 9.48 Å². The predicted molar refractivity (Wildman–Crippen MR) is 116 cm³/mol. The molecule has 0 aliphatic heterocycles. The minimum absolute atomic E-state index is 0.0959. The zero-order chi connectivity index (χ0) is 20.6. The maximum atomic E-state index is 11.9. The highest BCUT2D eigenvalue weighted by Gasteiger charge is 2.06. The van der Waals surface area contributed by atoms with Gasteiger partial charge in [-0.05, 0) is 18.6 Å². The van der Waals surface area contributed by atoms with Gasteiger partial charge < -0.3 is 4.74 Å². The molecule has 6 nitrogen and oxygen atoms in total. The fourth-order valence-electron chi connectivity index (χ4n) is 3.05. The average Bonchev–Trinajstić information content (AvgIpc) is 3.18. The minimum Gasteiger partial charge on any atom is -0.464 e. The van der Waals surface area contributed by atoms with Crippen LogP contribution in [0.15, 0.2) is 53.0 Å². The van der Waals surface area contributed by atoms with Crippen LogP contribution in [0.2, 0.25) is 0 Å². The van der Waals surface area contributed by atoms with Gasteiger partial charge in [0.1, 0.15) is 12.2 Å². The van der Waals surface area contributed by atoms with E-state index in [0.29, 0.717) is 12.3 Å². The van der Waals surface area contributed by atoms with E-state index in [2.05, 4.69) is 22.3 Å². The van der Waals surface area contributed by atoms with Crippen LogP contribution >= 0.6 is 0 Å². The summed E-state index contributed by atoms with van der Waals surface area (Å²) in [5, 5.41) is 12.4. The topological polar surface area (TPSA) is 68.8 Å². The van der Waals surface area contributed by atoms with E-state index in [1.54, 1.807) is 12.4 Å². The van der Waals surface area contributed by atoms with Crippen LogP contribution in [0, 0.1) is 0 Å². The van der Waals surface area contributed by atoms with Crippen molar-refractivity contribution in [2.75, 3.05) is 6.61 Å². The number of hydrogen-bond acceptors (Lipinski definition) is 5. The summed E-state index contributed by atoms with van der Waals surface area (Å²) in [6.07, 6.45) is 15.9. The van der Waals surface area contributed by atoms with Crippen LogP contribution in [-0.2, 0) is 16.1 Å². The third kappa shape index (κ3) is 10.6. The van der Waals surface area contributed by atoms with Crippen LogP contribution in [0.4, 0.5) is 11.4 Å². The van der Waals surface area contributed by atoms with Gasteiger partial charge in [0.25, 0.3) is 0 Å². The van der Waals surface area contributed by atoms with Crippen LogP contribution in [0.1, 0.15) is 71.1 Å². The number of ether oxygens (including phenoxy) is 1. The molecule has 0 atom stereocenters. The Morgan fingerprint density at radius 3 is 2.21 bits per heavy atom. The Bertz CT molecular complexity index is 713. The van der Waals surface area contributed by atoms with Gasteiger partial charge in [0.05, 0.1) is 24.7 Å². The Labute approximate surface area is 174 Å². The zero-order valence-corrected chi connectivity index (χ0v) is 17.6. The van der Waals surface area contributed by atoms with Crippen LogP contribution < -0.4 is 0 Å². The monoisotopic (exact) mass is 398 g/mol. The van der Waals surface area contributed by atoms with E-state index >= 15 is 0 Å². The van der Waals surface area contributed by atoms with Gasteiger partial charge in [-0.15, -0.1) is 5.11 Å². The molecule has 0 amide bonds. The molecule has 0 unspecified atom stereocenters. The molecule has 0 fully saturated rings. The number of esters is 1. The van der Waals surface area contributed by atoms with Gasteiger partial charge in [-0.1, -0.05) is 82.9 Å². The smallest absolute Gasteiger partial charge is 0.327 e. The van der Waals surface area contributed by atoms with Gasteiger partial charge in [-0.2, -0.15) is 10.2 Å². The summed E-state index contributed by atoms with van der Waals surface area (Å²) < 4.78 is 6.83. The lowest BCUT2D eigenvalue weighted by molar-refractivity contribution is -0.144. The highest BCUT2D eigenvalue weighted by molar-refractivity contribution is 5.69. The van der Waals surface area contributed by atoms with Gasteiger partial charge in [0, 0.05) is 0 Å². The molecule has 0 N–H and O–H groups in total. The largest absolute Gasteiger partial charge is 0.464 e. The maximum absolute atomic E-state index is 11.9.